The molecule has 9 heteroatoms. The fourth-order valence-corrected chi connectivity index (χ4v) is 2.26. The molecular weight excluding hydrogens is 288 g/mol. The number of aryl methyl sites for hydroxylation is 1. The average molecular weight is 306 g/mol. The van der Waals surface area contributed by atoms with E-state index in [4.69, 9.17) is 0 Å². The van der Waals surface area contributed by atoms with E-state index in [2.05, 4.69) is 55.7 Å². The van der Waals surface area contributed by atoms with E-state index in [9.17, 15) is 0 Å². The first-order valence-electron chi connectivity index (χ1n) is 6.70. The molecule has 1 aliphatic rings. The quantitative estimate of drug-likeness (QED) is 0.670. The lowest BCUT2D eigenvalue weighted by atomic mass is 10.2. The van der Waals surface area contributed by atoms with Crippen LogP contribution in [0, 0.1) is 0 Å². The first-order valence-corrected chi connectivity index (χ1v) is 7.21. The highest BCUT2D eigenvalue weighted by Gasteiger charge is 2.13. The topological polar surface area (TPSA) is 78.6 Å². The minimum Gasteiger partial charge on any atom is -0.421 e. The Bertz CT molecular complexity index is 643. The Hall–Kier alpha value is -1.84. The zero-order valence-electron chi connectivity index (χ0n) is 11.9. The molecule has 2 atom stereocenters. The number of amidine groups is 1. The van der Waals surface area contributed by atoms with Crippen LogP contribution in [0.25, 0.3) is 5.53 Å². The second-order valence-electron chi connectivity index (χ2n) is 4.98. The molecule has 0 aromatic carbocycles. The second-order valence-corrected chi connectivity index (χ2v) is 5.72. The summed E-state index contributed by atoms with van der Waals surface area (Å²) < 4.78 is 2.05. The van der Waals surface area contributed by atoms with Crippen LogP contribution in [0.1, 0.15) is 23.6 Å². The second kappa shape index (κ2) is 5.88. The van der Waals surface area contributed by atoms with Crippen LogP contribution in [0.3, 0.4) is 0 Å². The number of quaternary nitrogens is 1. The van der Waals surface area contributed by atoms with E-state index in [1.807, 2.05) is 13.1 Å². The summed E-state index contributed by atoms with van der Waals surface area (Å²) >= 11 is 4.40. The van der Waals surface area contributed by atoms with Crippen molar-refractivity contribution in [1.29, 1.82) is 0 Å². The largest absolute Gasteiger partial charge is 0.421 e. The number of hydrogen-bond acceptors (Lipinski definition) is 5. The van der Waals surface area contributed by atoms with E-state index in [0.29, 0.717) is 6.54 Å². The van der Waals surface area contributed by atoms with E-state index in [1.54, 1.807) is 13.2 Å². The lowest BCUT2D eigenvalue weighted by Gasteiger charge is -2.16. The van der Waals surface area contributed by atoms with Gasteiger partial charge < -0.3 is 15.5 Å². The van der Waals surface area contributed by atoms with E-state index in [-0.39, 0.29) is 5.37 Å². The van der Waals surface area contributed by atoms with Crippen LogP contribution in [0.2, 0.25) is 0 Å². The van der Waals surface area contributed by atoms with Gasteiger partial charge in [0, 0.05) is 25.9 Å². The van der Waals surface area contributed by atoms with E-state index >= 15 is 0 Å². The fourth-order valence-electron chi connectivity index (χ4n) is 2.11. The maximum absolute atomic E-state index is 4.49. The van der Waals surface area contributed by atoms with E-state index in [0.717, 1.165) is 23.1 Å². The van der Waals surface area contributed by atoms with Crippen molar-refractivity contribution in [3.63, 3.8) is 0 Å². The maximum Gasteiger partial charge on any atom is 0.148 e. The smallest absolute Gasteiger partial charge is 0.148 e. The summed E-state index contributed by atoms with van der Waals surface area (Å²) in [6.45, 7) is 2.61. The van der Waals surface area contributed by atoms with Crippen LogP contribution < -0.4 is 10.5 Å². The maximum atomic E-state index is 4.49. The normalized spacial score (nSPS) is 19.4. The van der Waals surface area contributed by atoms with Gasteiger partial charge in [0.1, 0.15) is 18.1 Å². The molecule has 8 nitrogen and oxygen atoms in total. The van der Waals surface area contributed by atoms with Gasteiger partial charge in [0.2, 0.25) is 0 Å². The number of rotatable bonds is 5. The van der Waals surface area contributed by atoms with Gasteiger partial charge in [0.15, 0.2) is 0 Å². The van der Waals surface area contributed by atoms with Crippen LogP contribution in [0.5, 0.6) is 0 Å². The lowest BCUT2D eigenvalue weighted by molar-refractivity contribution is -0.881. The zero-order valence-corrected chi connectivity index (χ0v) is 12.8. The summed E-state index contributed by atoms with van der Waals surface area (Å²) in [7, 11) is 1.79. The number of nitrogens with zero attached hydrogens (tertiary/aromatic N) is 6. The van der Waals surface area contributed by atoms with Gasteiger partial charge in [-0.1, -0.05) is 5.10 Å². The minimum atomic E-state index is 0.167. The molecule has 2 aromatic heterocycles. The van der Waals surface area contributed by atoms with Gasteiger partial charge in [-0.25, -0.2) is 0 Å². The van der Waals surface area contributed by atoms with Gasteiger partial charge in [-0.3, -0.25) is 5.12 Å². The van der Waals surface area contributed by atoms with Gasteiger partial charge >= 0.3 is 0 Å². The van der Waals surface area contributed by atoms with Gasteiger partial charge in [-0.2, -0.15) is 27.6 Å². The molecule has 112 valence electrons. The summed E-state index contributed by atoms with van der Waals surface area (Å²) in [6.07, 6.45) is 6.54. The third kappa shape index (κ3) is 3.43. The Morgan fingerprint density at radius 3 is 3.05 bits per heavy atom. The summed E-state index contributed by atoms with van der Waals surface area (Å²) in [5.74, 6) is 0.846. The lowest BCUT2D eigenvalue weighted by Crippen LogP contribution is -3.00. The summed E-state index contributed by atoms with van der Waals surface area (Å²) in [4.78, 5) is 1.53. The molecule has 0 fully saturated rings. The number of aromatic nitrogens is 4. The molecule has 2 aromatic rings. The van der Waals surface area contributed by atoms with Crippen molar-refractivity contribution in [3.8, 4) is 0 Å². The summed E-state index contributed by atoms with van der Waals surface area (Å²) in [6, 6.07) is 2.07. The molecular formula is C12H18N8S. The molecule has 0 amide bonds. The van der Waals surface area contributed by atoms with E-state index in [1.165, 1.54) is 10.4 Å². The van der Waals surface area contributed by atoms with Crippen LogP contribution >= 0.6 is 12.6 Å². The van der Waals surface area contributed by atoms with Crippen LogP contribution in [-0.4, -0.2) is 25.4 Å². The zero-order chi connectivity index (χ0) is 14.8. The highest BCUT2D eigenvalue weighted by atomic mass is 32.1. The van der Waals surface area contributed by atoms with Crippen LogP contribution in [-0.2, 0) is 20.0 Å². The van der Waals surface area contributed by atoms with Crippen molar-refractivity contribution >= 4 is 18.5 Å². The Balaban J connectivity index is 1.60. The fraction of sp³-hybridized carbons (Fsp3) is 0.417. The van der Waals surface area contributed by atoms with Gasteiger partial charge in [-0.15, -0.1) is 0 Å². The van der Waals surface area contributed by atoms with Gasteiger partial charge in [-0.05, 0) is 18.6 Å². The van der Waals surface area contributed by atoms with Crippen molar-refractivity contribution in [2.24, 2.45) is 12.1 Å². The Labute approximate surface area is 128 Å². The van der Waals surface area contributed by atoms with Crippen molar-refractivity contribution in [3.05, 3.63) is 41.4 Å². The molecule has 3 heterocycles. The minimum absolute atomic E-state index is 0.167. The van der Waals surface area contributed by atoms with Crippen molar-refractivity contribution in [2.45, 2.75) is 25.3 Å². The van der Waals surface area contributed by atoms with Crippen molar-refractivity contribution < 1.29 is 5.12 Å². The molecule has 0 bridgehead atoms. The highest BCUT2D eigenvalue weighted by molar-refractivity contribution is 7.80. The Kier molecular flexibility index (Phi) is 3.95. The molecule has 3 rings (SSSR count). The molecule has 0 aliphatic carbocycles. The predicted octanol–water partition coefficient (Wildman–Crippen LogP) is -0.187. The highest BCUT2D eigenvalue weighted by Crippen LogP contribution is 2.13. The molecule has 2 N–H and O–H groups in total. The number of nitrogens with one attached hydrogen (secondary N) is 2. The molecule has 2 unspecified atom stereocenters. The molecule has 0 spiro atoms. The Morgan fingerprint density at radius 1 is 1.52 bits per heavy atom. The third-order valence-electron chi connectivity index (χ3n) is 3.14. The summed E-state index contributed by atoms with van der Waals surface area (Å²) in [5.41, 5.74) is 9.24. The SMILES string of the molecule is CC(S)n1ccc(CC2=N[NH+](Cc3cnn(C)n3)[N-]N2)c1. The van der Waals surface area contributed by atoms with Crippen molar-refractivity contribution in [1.82, 2.24) is 25.0 Å². The third-order valence-corrected chi connectivity index (χ3v) is 3.41. The van der Waals surface area contributed by atoms with Crippen molar-refractivity contribution in [2.75, 3.05) is 0 Å². The first-order chi connectivity index (χ1) is 10.1. The number of thiol groups is 1. The average Bonchev–Trinajstić information content (AvgIpc) is 3.13. The molecule has 0 saturated carbocycles. The first kappa shape index (κ1) is 14.1. The molecule has 1 aliphatic heterocycles. The summed E-state index contributed by atoms with van der Waals surface area (Å²) in [5, 5.41) is 13.6. The molecule has 0 saturated heterocycles. The Morgan fingerprint density at radius 2 is 2.38 bits per heavy atom. The van der Waals surface area contributed by atoms with E-state index < -0.39 is 0 Å². The van der Waals surface area contributed by atoms with Crippen LogP contribution in [0.4, 0.5) is 0 Å². The predicted molar refractivity (Wildman–Crippen MR) is 81.4 cm³/mol. The monoisotopic (exact) mass is 306 g/mol. The van der Waals surface area contributed by atoms with Gasteiger partial charge in [0.05, 0.1) is 11.6 Å². The standard InChI is InChI=1S/C12H18N8S/c1-9(21)19-4-3-10(7-19)5-12-14-17-20(16-12)8-11-6-13-18(2)15-11/h3-4,6-7,9,20H,5,8H2,1-2H3,(H2-,13,14,15,16,17,21). The number of hydrogen-bond donors (Lipinski definition) is 3. The van der Waals surface area contributed by atoms with Gasteiger partial charge in [0.25, 0.3) is 0 Å². The van der Waals surface area contributed by atoms with Crippen LogP contribution in [0.15, 0.2) is 29.8 Å². The molecule has 21 heavy (non-hydrogen) atoms. The molecule has 0 radical (unpaired) electrons.